The lowest BCUT2D eigenvalue weighted by Crippen LogP contribution is -2.66. The van der Waals surface area contributed by atoms with Crippen molar-refractivity contribution in [3.05, 3.63) is 168 Å². The average molecular weight is 786 g/mol. The van der Waals surface area contributed by atoms with Gasteiger partial charge in [0.05, 0.1) is 23.7 Å². The number of unbranched alkanes of at least 4 members (excludes halogenated alkanes) is 1. The van der Waals surface area contributed by atoms with Gasteiger partial charge in [0, 0.05) is 30.1 Å². The Labute approximate surface area is 329 Å². The Kier molecular flexibility index (Phi) is 10.5. The molecular weight excluding hydrogens is 744 g/mol. The van der Waals surface area contributed by atoms with E-state index in [1.807, 2.05) is 31.2 Å². The second-order valence-electron chi connectivity index (χ2n) is 14.2. The van der Waals surface area contributed by atoms with Crippen LogP contribution in [0.15, 0.2) is 151 Å². The lowest BCUT2D eigenvalue weighted by molar-refractivity contribution is -0.401. The number of rotatable bonds is 13. The van der Waals surface area contributed by atoms with E-state index in [4.69, 9.17) is 0 Å². The number of fused-ring (bicyclic) bond motifs is 2. The van der Waals surface area contributed by atoms with Gasteiger partial charge in [-0.05, 0) is 73.9 Å². The average Bonchev–Trinajstić information content (AvgIpc) is 3.99. The van der Waals surface area contributed by atoms with Gasteiger partial charge >= 0.3 is 12.9 Å². The SMILES string of the molecule is Cc1ccc(C2=C3C=CC(SC[C@H]([NH3+])C([O])=O)=[N+]3[B-](F)(F)n3c2ccc3-c2cn(CCCC[P+](c3ccccc3)(c3ccccc3)c3ccccc3)nn2)cc1. The van der Waals surface area contributed by atoms with E-state index in [9.17, 15) is 9.90 Å². The van der Waals surface area contributed by atoms with Gasteiger partial charge in [-0.25, -0.2) is 9.90 Å². The molecule has 6 aromatic rings. The standard InChI is InChI=1S/C43H40BF2N6O2PS/c1-31-19-21-32(22-20-31)42-39-24-23-38(51(39)44(45,46)52-40(42)25-26-41(52)56-30-36(47)43(53)54)37-29-50(49-48-37)27-11-12-28-55(33-13-5-2-6-14-33,34-15-7-3-8-16-34)35-17-9-4-10-18-35/h2-10,13-26,29,36H,11-12,27-28,30,47H2,1H3/q+1/p+1/t36-/m0/s1. The Morgan fingerprint density at radius 2 is 1.41 bits per heavy atom. The van der Waals surface area contributed by atoms with Crippen LogP contribution in [0, 0.1) is 6.92 Å². The highest BCUT2D eigenvalue weighted by Gasteiger charge is 2.55. The molecule has 2 aliphatic heterocycles. The van der Waals surface area contributed by atoms with Crippen molar-refractivity contribution < 1.29 is 28.8 Å². The molecule has 1 radical (unpaired) electrons. The predicted molar refractivity (Wildman–Crippen MR) is 223 cm³/mol. The monoisotopic (exact) mass is 785 g/mol. The molecule has 13 heteroatoms. The first-order chi connectivity index (χ1) is 27.2. The maximum atomic E-state index is 17.1. The number of allylic oxidation sites excluding steroid dienone is 1. The Bertz CT molecular complexity index is 2370. The van der Waals surface area contributed by atoms with Gasteiger partial charge in [0.15, 0.2) is 16.8 Å². The third-order valence-electron chi connectivity index (χ3n) is 10.6. The van der Waals surface area contributed by atoms with Gasteiger partial charge in [0.2, 0.25) is 0 Å². The number of quaternary nitrogens is 1. The summed E-state index contributed by atoms with van der Waals surface area (Å²) in [5.74, 6) is -1.34. The van der Waals surface area contributed by atoms with Gasteiger partial charge in [0.1, 0.15) is 28.9 Å². The molecule has 0 fully saturated rings. The lowest BCUT2D eigenvalue weighted by atomic mass is 9.86. The molecule has 0 saturated heterocycles. The van der Waals surface area contributed by atoms with Gasteiger partial charge < -0.3 is 23.3 Å². The molecule has 56 heavy (non-hydrogen) atoms. The van der Waals surface area contributed by atoms with E-state index >= 15 is 8.63 Å². The van der Waals surface area contributed by atoms with E-state index in [1.165, 1.54) is 15.9 Å². The Hall–Kier alpha value is -5.42. The molecule has 0 aliphatic carbocycles. The minimum atomic E-state index is -4.42. The van der Waals surface area contributed by atoms with Gasteiger partial charge in [-0.15, -0.1) is 5.10 Å². The number of benzene rings is 4. The summed E-state index contributed by atoms with van der Waals surface area (Å²) in [5.41, 5.74) is 7.44. The number of aryl methyl sites for hydroxylation is 2. The normalized spacial score (nSPS) is 15.2. The summed E-state index contributed by atoms with van der Waals surface area (Å²) in [5, 5.41) is 24.5. The molecule has 0 amide bonds. The van der Waals surface area contributed by atoms with Crippen LogP contribution in [0.2, 0.25) is 0 Å². The molecule has 8 rings (SSSR count). The maximum Gasteiger partial charge on any atom is 0.738 e. The van der Waals surface area contributed by atoms with Crippen molar-refractivity contribution in [3.8, 4) is 11.4 Å². The molecule has 2 aliphatic rings. The molecule has 1 atom stereocenters. The van der Waals surface area contributed by atoms with Crippen molar-refractivity contribution in [3.63, 3.8) is 0 Å². The second-order valence-corrected chi connectivity index (χ2v) is 18.8. The summed E-state index contributed by atoms with van der Waals surface area (Å²) in [6, 6.07) is 42.5. The summed E-state index contributed by atoms with van der Waals surface area (Å²) in [7, 11) is -1.98. The topological polar surface area (TPSA) is 103 Å². The quantitative estimate of drug-likeness (QED) is 0.0869. The molecule has 8 nitrogen and oxygen atoms in total. The zero-order chi connectivity index (χ0) is 38.9. The molecule has 2 aromatic heterocycles. The maximum absolute atomic E-state index is 17.1. The van der Waals surface area contributed by atoms with Crippen molar-refractivity contribution in [2.75, 3.05) is 11.9 Å². The number of halogens is 2. The number of thioether (sulfide) groups is 1. The Morgan fingerprint density at radius 1 is 0.821 bits per heavy atom. The van der Waals surface area contributed by atoms with Crippen LogP contribution in [-0.4, -0.2) is 59.9 Å². The number of hydrogen-bond donors (Lipinski definition) is 1. The van der Waals surface area contributed by atoms with Gasteiger partial charge in [-0.2, -0.15) is 0 Å². The first-order valence-corrected chi connectivity index (χ1v) is 21.7. The van der Waals surface area contributed by atoms with E-state index < -0.39 is 26.2 Å². The smallest absolute Gasteiger partial charge is 0.389 e. The Morgan fingerprint density at radius 3 is 2.00 bits per heavy atom. The predicted octanol–water partition coefficient (Wildman–Crippen LogP) is 6.11. The van der Waals surface area contributed by atoms with E-state index in [0.717, 1.165) is 50.9 Å². The summed E-state index contributed by atoms with van der Waals surface area (Å²) in [6.07, 6.45) is 7.76. The summed E-state index contributed by atoms with van der Waals surface area (Å²) >= 11 is 1.03. The molecule has 0 spiro atoms. The number of hydrogen-bond acceptors (Lipinski definition) is 4. The molecule has 3 N–H and O–H groups in total. The van der Waals surface area contributed by atoms with E-state index in [0.29, 0.717) is 29.2 Å². The number of aromatic nitrogens is 4. The van der Waals surface area contributed by atoms with Crippen LogP contribution >= 0.6 is 19.0 Å². The van der Waals surface area contributed by atoms with Crippen LogP contribution in [0.1, 0.15) is 29.7 Å². The minimum Gasteiger partial charge on any atom is -0.389 e. The van der Waals surface area contributed by atoms with Crippen molar-refractivity contribution >= 4 is 58.5 Å². The molecule has 4 aromatic carbocycles. The van der Waals surface area contributed by atoms with Crippen LogP contribution in [-0.2, 0) is 16.4 Å². The van der Waals surface area contributed by atoms with Crippen molar-refractivity contribution in [2.24, 2.45) is 0 Å². The van der Waals surface area contributed by atoms with Crippen LogP contribution in [0.4, 0.5) is 8.63 Å². The molecule has 0 unspecified atom stereocenters. The van der Waals surface area contributed by atoms with Crippen LogP contribution < -0.4 is 21.6 Å². The molecule has 0 bridgehead atoms. The summed E-state index contributed by atoms with van der Waals surface area (Å²) in [4.78, 5) is 11.4. The molecular formula is C43H41BF2N6O2PS+2. The van der Waals surface area contributed by atoms with Crippen LogP contribution in [0.5, 0.6) is 0 Å². The van der Waals surface area contributed by atoms with Crippen LogP contribution in [0.3, 0.4) is 0 Å². The number of nitrogens with zero attached hydrogens (tertiary/aromatic N) is 5. The molecule has 281 valence electrons. The number of carbonyl (C=O) groups is 1. The first-order valence-electron chi connectivity index (χ1n) is 18.7. The van der Waals surface area contributed by atoms with Gasteiger partial charge in [-0.3, -0.25) is 4.68 Å². The molecule has 4 heterocycles. The summed E-state index contributed by atoms with van der Waals surface area (Å²) < 4.78 is 38.0. The van der Waals surface area contributed by atoms with Gasteiger partial charge in [0.25, 0.3) is 0 Å². The fourth-order valence-corrected chi connectivity index (χ4v) is 13.3. The molecule has 0 saturated carbocycles. The minimum absolute atomic E-state index is 0.0112. The van der Waals surface area contributed by atoms with Crippen molar-refractivity contribution in [1.82, 2.24) is 19.5 Å². The van der Waals surface area contributed by atoms with Crippen molar-refractivity contribution in [1.29, 1.82) is 0 Å². The fourth-order valence-electron chi connectivity index (χ4n) is 7.81. The largest absolute Gasteiger partial charge is 0.738 e. The van der Waals surface area contributed by atoms with E-state index in [-0.39, 0.29) is 16.5 Å². The van der Waals surface area contributed by atoms with Crippen molar-refractivity contribution in [2.45, 2.75) is 32.4 Å². The highest BCUT2D eigenvalue weighted by Crippen LogP contribution is 2.56. The highest BCUT2D eigenvalue weighted by molar-refractivity contribution is 8.14. The third kappa shape index (κ3) is 6.87. The first kappa shape index (κ1) is 37.5. The number of carbonyl (C=O) groups excluding carboxylic acids is 1. The zero-order valence-electron chi connectivity index (χ0n) is 30.9. The van der Waals surface area contributed by atoms with E-state index in [2.05, 4.69) is 107 Å². The lowest BCUT2D eigenvalue weighted by Gasteiger charge is -2.33. The second kappa shape index (κ2) is 15.6. The van der Waals surface area contributed by atoms with Crippen LogP contribution in [0.25, 0.3) is 17.0 Å². The van der Waals surface area contributed by atoms with E-state index in [1.54, 1.807) is 35.2 Å². The highest BCUT2D eigenvalue weighted by atomic mass is 32.2. The third-order valence-corrected chi connectivity index (χ3v) is 16.3. The Balaban J connectivity index is 1.09. The summed E-state index contributed by atoms with van der Waals surface area (Å²) in [6.45, 7) is -1.86. The zero-order valence-corrected chi connectivity index (χ0v) is 32.6. The fraction of sp³-hybridized carbons (Fsp3) is 0.163. The van der Waals surface area contributed by atoms with Gasteiger partial charge in [-0.1, -0.05) is 101 Å².